The molecule has 4 fully saturated rings. The van der Waals surface area contributed by atoms with E-state index in [2.05, 4.69) is 34.7 Å². The molecule has 2 aliphatic heterocycles. The van der Waals surface area contributed by atoms with Crippen LogP contribution >= 0.6 is 0 Å². The van der Waals surface area contributed by atoms with Crippen LogP contribution in [0.1, 0.15) is 78.1 Å². The second kappa shape index (κ2) is 9.46. The van der Waals surface area contributed by atoms with Crippen LogP contribution in [0.4, 0.5) is 4.79 Å². The highest BCUT2D eigenvalue weighted by atomic mass is 16.2. The van der Waals surface area contributed by atoms with Crippen molar-refractivity contribution in [2.24, 2.45) is 23.7 Å². The summed E-state index contributed by atoms with van der Waals surface area (Å²) >= 11 is 0. The van der Waals surface area contributed by atoms with E-state index >= 15 is 0 Å². The van der Waals surface area contributed by atoms with Crippen LogP contribution in [0.3, 0.4) is 0 Å². The molecule has 2 saturated heterocycles. The van der Waals surface area contributed by atoms with Crippen LogP contribution in [0.2, 0.25) is 0 Å². The van der Waals surface area contributed by atoms with Gasteiger partial charge in [-0.15, -0.1) is 0 Å². The number of hydrogen-bond donors (Lipinski definition) is 3. The van der Waals surface area contributed by atoms with Gasteiger partial charge in [-0.1, -0.05) is 26.2 Å². The summed E-state index contributed by atoms with van der Waals surface area (Å²) in [5, 5.41) is 10.1. The smallest absolute Gasteiger partial charge is 0.315 e. The minimum atomic E-state index is -0.00201. The molecule has 0 aromatic heterocycles. The Balaban J connectivity index is 1.36. The van der Waals surface area contributed by atoms with Gasteiger partial charge < -0.3 is 20.9 Å². The van der Waals surface area contributed by atoms with Crippen molar-refractivity contribution in [3.8, 4) is 0 Å². The number of rotatable bonds is 3. The van der Waals surface area contributed by atoms with Crippen molar-refractivity contribution in [2.75, 3.05) is 13.6 Å². The molecule has 30 heavy (non-hydrogen) atoms. The minimum Gasteiger partial charge on any atom is -0.342 e. The topological polar surface area (TPSA) is 73.5 Å². The van der Waals surface area contributed by atoms with Gasteiger partial charge in [0.1, 0.15) is 0 Å². The number of nitrogens with one attached hydrogen (secondary N) is 3. The number of urea groups is 1. The lowest BCUT2D eigenvalue weighted by atomic mass is 9.65. The molecule has 3 N–H and O–H groups in total. The Bertz CT molecular complexity index is 620. The van der Waals surface area contributed by atoms with Gasteiger partial charge in [-0.3, -0.25) is 4.79 Å². The SMILES string of the molecule is CC1CC2C(CN1)CC(C1CC(NC(=O)NC3CCCCC3)CCC1C)C(=O)N2C. The molecule has 6 heteroatoms. The van der Waals surface area contributed by atoms with Crippen molar-refractivity contribution in [3.05, 3.63) is 0 Å². The zero-order valence-electron chi connectivity index (χ0n) is 19.2. The van der Waals surface area contributed by atoms with Gasteiger partial charge in [-0.05, 0) is 69.6 Å². The number of piperidine rings is 2. The lowest BCUT2D eigenvalue weighted by molar-refractivity contribution is -0.148. The molecule has 4 rings (SSSR count). The van der Waals surface area contributed by atoms with Crippen LogP contribution in [0.15, 0.2) is 0 Å². The molecule has 0 bridgehead atoms. The molecular weight excluding hydrogens is 376 g/mol. The molecule has 6 nitrogen and oxygen atoms in total. The highest BCUT2D eigenvalue weighted by Gasteiger charge is 2.47. The third-order valence-corrected chi connectivity index (χ3v) is 8.64. The van der Waals surface area contributed by atoms with E-state index in [1.165, 1.54) is 19.3 Å². The second-order valence-corrected chi connectivity index (χ2v) is 10.8. The van der Waals surface area contributed by atoms with Crippen LogP contribution < -0.4 is 16.0 Å². The predicted molar refractivity (Wildman–Crippen MR) is 119 cm³/mol. The zero-order chi connectivity index (χ0) is 21.3. The van der Waals surface area contributed by atoms with E-state index in [0.29, 0.717) is 41.8 Å². The lowest BCUT2D eigenvalue weighted by Gasteiger charge is -2.50. The molecule has 7 unspecified atom stereocenters. The normalized spacial score (nSPS) is 40.6. The van der Waals surface area contributed by atoms with E-state index in [1.54, 1.807) is 0 Å². The molecule has 170 valence electrons. The first-order chi connectivity index (χ1) is 14.4. The molecule has 2 saturated carbocycles. The van der Waals surface area contributed by atoms with Gasteiger partial charge in [0.2, 0.25) is 5.91 Å². The maximum absolute atomic E-state index is 13.3. The summed E-state index contributed by atoms with van der Waals surface area (Å²) < 4.78 is 0. The summed E-state index contributed by atoms with van der Waals surface area (Å²) in [6.45, 7) is 5.55. The summed E-state index contributed by atoms with van der Waals surface area (Å²) in [4.78, 5) is 28.0. The van der Waals surface area contributed by atoms with Crippen molar-refractivity contribution in [2.45, 2.75) is 102 Å². The monoisotopic (exact) mass is 418 g/mol. The lowest BCUT2D eigenvalue weighted by Crippen LogP contribution is -2.60. The van der Waals surface area contributed by atoms with Gasteiger partial charge in [0.05, 0.1) is 0 Å². The Morgan fingerprint density at radius 1 is 0.967 bits per heavy atom. The van der Waals surface area contributed by atoms with E-state index in [9.17, 15) is 9.59 Å². The average molecular weight is 419 g/mol. The van der Waals surface area contributed by atoms with E-state index in [-0.39, 0.29) is 18.0 Å². The number of amides is 3. The Labute approximate surface area is 182 Å². The fourth-order valence-corrected chi connectivity index (χ4v) is 6.76. The number of carbonyl (C=O) groups excluding carboxylic acids is 2. The number of nitrogens with zero attached hydrogens (tertiary/aromatic N) is 1. The molecule has 0 aromatic rings. The third-order valence-electron chi connectivity index (χ3n) is 8.64. The number of fused-ring (bicyclic) bond motifs is 1. The van der Waals surface area contributed by atoms with Gasteiger partial charge in [0.25, 0.3) is 0 Å². The fourth-order valence-electron chi connectivity index (χ4n) is 6.76. The standard InChI is InChI=1S/C24H42N4O2/c1-15-9-10-19(27-24(30)26-18-7-5-4-6-8-18)13-20(15)21-12-17-14-25-16(2)11-22(17)28(3)23(21)29/h15-22,25H,4-14H2,1-3H3,(H2,26,27,30). The van der Waals surface area contributed by atoms with Gasteiger partial charge >= 0.3 is 6.03 Å². The Kier molecular flexibility index (Phi) is 6.91. The molecule has 0 aromatic carbocycles. The molecule has 2 heterocycles. The summed E-state index contributed by atoms with van der Waals surface area (Å²) in [6, 6.07) is 1.40. The van der Waals surface area contributed by atoms with Crippen molar-refractivity contribution < 1.29 is 9.59 Å². The third kappa shape index (κ3) is 4.79. The zero-order valence-corrected chi connectivity index (χ0v) is 19.2. The molecule has 7 atom stereocenters. The van der Waals surface area contributed by atoms with Crippen LogP contribution in [0.25, 0.3) is 0 Å². The minimum absolute atomic E-state index is 0.00201. The highest BCUT2D eigenvalue weighted by molar-refractivity contribution is 5.80. The van der Waals surface area contributed by atoms with Gasteiger partial charge in [0.15, 0.2) is 0 Å². The Morgan fingerprint density at radius 3 is 2.47 bits per heavy atom. The second-order valence-electron chi connectivity index (χ2n) is 10.8. The van der Waals surface area contributed by atoms with Crippen LogP contribution in [-0.4, -0.2) is 54.6 Å². The molecule has 0 spiro atoms. The summed E-state index contributed by atoms with van der Waals surface area (Å²) in [5.41, 5.74) is 0. The number of likely N-dealkylation sites (tertiary alicyclic amines) is 1. The highest BCUT2D eigenvalue weighted by Crippen LogP contribution is 2.43. The Hall–Kier alpha value is -1.30. The first-order valence-corrected chi connectivity index (χ1v) is 12.5. The molecule has 2 aliphatic carbocycles. The van der Waals surface area contributed by atoms with Crippen LogP contribution in [0.5, 0.6) is 0 Å². The molecule has 0 radical (unpaired) electrons. The van der Waals surface area contributed by atoms with Crippen LogP contribution in [0, 0.1) is 23.7 Å². The first kappa shape index (κ1) is 21.9. The number of carbonyl (C=O) groups is 2. The Morgan fingerprint density at radius 2 is 1.70 bits per heavy atom. The summed E-state index contributed by atoms with van der Waals surface area (Å²) in [7, 11) is 2.02. The fraction of sp³-hybridized carbons (Fsp3) is 0.917. The van der Waals surface area contributed by atoms with Gasteiger partial charge in [-0.2, -0.15) is 0 Å². The van der Waals surface area contributed by atoms with E-state index in [0.717, 1.165) is 51.5 Å². The summed E-state index contributed by atoms with van der Waals surface area (Å²) in [5.74, 6) is 1.92. The van der Waals surface area contributed by atoms with Crippen LogP contribution in [-0.2, 0) is 4.79 Å². The molecule has 3 amide bonds. The molecular formula is C24H42N4O2. The van der Waals surface area contributed by atoms with Crippen molar-refractivity contribution in [1.29, 1.82) is 0 Å². The molecule has 4 aliphatic rings. The first-order valence-electron chi connectivity index (χ1n) is 12.5. The van der Waals surface area contributed by atoms with Crippen molar-refractivity contribution in [3.63, 3.8) is 0 Å². The van der Waals surface area contributed by atoms with Crippen molar-refractivity contribution in [1.82, 2.24) is 20.9 Å². The maximum atomic E-state index is 13.3. The van der Waals surface area contributed by atoms with Gasteiger partial charge in [0, 0.05) is 43.7 Å². The summed E-state index contributed by atoms with van der Waals surface area (Å²) in [6.07, 6.45) is 11.1. The van der Waals surface area contributed by atoms with E-state index in [1.807, 2.05) is 7.05 Å². The van der Waals surface area contributed by atoms with E-state index < -0.39 is 0 Å². The van der Waals surface area contributed by atoms with Crippen molar-refractivity contribution >= 4 is 11.9 Å². The van der Waals surface area contributed by atoms with E-state index in [4.69, 9.17) is 0 Å². The van der Waals surface area contributed by atoms with Gasteiger partial charge in [-0.25, -0.2) is 4.79 Å². The number of hydrogen-bond acceptors (Lipinski definition) is 3. The maximum Gasteiger partial charge on any atom is 0.315 e. The average Bonchev–Trinajstić information content (AvgIpc) is 2.73. The predicted octanol–water partition coefficient (Wildman–Crippen LogP) is 3.27. The quantitative estimate of drug-likeness (QED) is 0.659. The largest absolute Gasteiger partial charge is 0.342 e.